The smallest absolute Gasteiger partial charge is 0.122 e. The molecule has 0 saturated heterocycles. The van der Waals surface area contributed by atoms with Crippen molar-refractivity contribution in [1.82, 2.24) is 5.32 Å². The van der Waals surface area contributed by atoms with Crippen LogP contribution in [0.15, 0.2) is 59.7 Å². The van der Waals surface area contributed by atoms with Crippen molar-refractivity contribution < 1.29 is 9.15 Å². The third-order valence-corrected chi connectivity index (χ3v) is 2.75. The molecule has 1 aromatic carbocycles. The van der Waals surface area contributed by atoms with Gasteiger partial charge < -0.3 is 14.5 Å². The molecule has 0 aliphatic heterocycles. The highest BCUT2D eigenvalue weighted by molar-refractivity contribution is 5.34. The average Bonchev–Trinajstić information content (AvgIpc) is 2.94. The molecule has 0 unspecified atom stereocenters. The van der Waals surface area contributed by atoms with Crippen molar-refractivity contribution in [2.24, 2.45) is 0 Å². The van der Waals surface area contributed by atoms with Crippen LogP contribution in [0.1, 0.15) is 11.3 Å². The Balaban J connectivity index is 1.72. The van der Waals surface area contributed by atoms with E-state index in [1.165, 1.54) is 5.56 Å². The maximum atomic E-state index is 5.77. The number of hydrogen-bond acceptors (Lipinski definition) is 3. The second-order valence-electron chi connectivity index (χ2n) is 4.21. The van der Waals surface area contributed by atoms with Gasteiger partial charge >= 0.3 is 0 Å². The molecule has 1 N–H and O–H groups in total. The van der Waals surface area contributed by atoms with E-state index in [2.05, 4.69) is 18.0 Å². The van der Waals surface area contributed by atoms with Crippen LogP contribution in [0, 0.1) is 0 Å². The molecule has 0 amide bonds. The highest BCUT2D eigenvalue weighted by Gasteiger charge is 2.01. The molecule has 0 bridgehead atoms. The number of furan rings is 1. The largest absolute Gasteiger partial charge is 0.492 e. The number of nitrogens with one attached hydrogen (secondary N) is 1. The van der Waals surface area contributed by atoms with Gasteiger partial charge in [-0.05, 0) is 30.2 Å². The Hall–Kier alpha value is -2.00. The molecule has 0 atom stereocenters. The maximum absolute atomic E-state index is 5.77. The highest BCUT2D eigenvalue weighted by atomic mass is 16.5. The summed E-state index contributed by atoms with van der Waals surface area (Å²) < 4.78 is 11.0. The first-order valence-electron chi connectivity index (χ1n) is 6.45. The zero-order valence-corrected chi connectivity index (χ0v) is 11.0. The van der Waals surface area contributed by atoms with E-state index in [1.54, 1.807) is 6.26 Å². The fourth-order valence-electron chi connectivity index (χ4n) is 1.83. The SMILES string of the molecule is C=CCc1ccccc1OCCNCc1ccco1. The lowest BCUT2D eigenvalue weighted by Gasteiger charge is -2.10. The van der Waals surface area contributed by atoms with Crippen molar-refractivity contribution >= 4 is 0 Å². The summed E-state index contributed by atoms with van der Waals surface area (Å²) in [6.45, 7) is 5.90. The summed E-state index contributed by atoms with van der Waals surface area (Å²) in [5.74, 6) is 1.87. The fourth-order valence-corrected chi connectivity index (χ4v) is 1.83. The van der Waals surface area contributed by atoms with Gasteiger partial charge in [0.25, 0.3) is 0 Å². The van der Waals surface area contributed by atoms with Gasteiger partial charge in [0.1, 0.15) is 18.1 Å². The molecule has 3 heteroatoms. The minimum Gasteiger partial charge on any atom is -0.492 e. The van der Waals surface area contributed by atoms with Crippen LogP contribution < -0.4 is 10.1 Å². The molecule has 0 saturated carbocycles. The van der Waals surface area contributed by atoms with Gasteiger partial charge in [0, 0.05) is 6.54 Å². The topological polar surface area (TPSA) is 34.4 Å². The van der Waals surface area contributed by atoms with Crippen LogP contribution in [0.25, 0.3) is 0 Å². The highest BCUT2D eigenvalue weighted by Crippen LogP contribution is 2.18. The molecular formula is C16H19NO2. The Kier molecular flexibility index (Phi) is 5.26. The van der Waals surface area contributed by atoms with E-state index in [9.17, 15) is 0 Å². The van der Waals surface area contributed by atoms with Crippen LogP contribution >= 0.6 is 0 Å². The van der Waals surface area contributed by atoms with E-state index < -0.39 is 0 Å². The molecule has 0 aliphatic carbocycles. The van der Waals surface area contributed by atoms with Crippen molar-refractivity contribution in [2.75, 3.05) is 13.2 Å². The van der Waals surface area contributed by atoms with Crippen molar-refractivity contribution in [3.05, 3.63) is 66.6 Å². The molecule has 19 heavy (non-hydrogen) atoms. The lowest BCUT2D eigenvalue weighted by atomic mass is 10.1. The minimum absolute atomic E-state index is 0.634. The van der Waals surface area contributed by atoms with Gasteiger partial charge in [-0.15, -0.1) is 6.58 Å². The van der Waals surface area contributed by atoms with Gasteiger partial charge in [0.15, 0.2) is 0 Å². The number of rotatable bonds is 8. The van der Waals surface area contributed by atoms with Gasteiger partial charge in [-0.3, -0.25) is 0 Å². The Labute approximate surface area is 113 Å². The number of ether oxygens (including phenoxy) is 1. The zero-order valence-electron chi connectivity index (χ0n) is 11.0. The maximum Gasteiger partial charge on any atom is 0.122 e. The summed E-state index contributed by atoms with van der Waals surface area (Å²) in [5, 5.41) is 3.27. The predicted molar refractivity (Wildman–Crippen MR) is 76.3 cm³/mol. The Morgan fingerprint density at radius 1 is 1.21 bits per heavy atom. The zero-order chi connectivity index (χ0) is 13.3. The summed E-state index contributed by atoms with van der Waals surface area (Å²) in [7, 11) is 0. The monoisotopic (exact) mass is 257 g/mol. The van der Waals surface area contributed by atoms with E-state index in [-0.39, 0.29) is 0 Å². The summed E-state index contributed by atoms with van der Waals surface area (Å²) in [6.07, 6.45) is 4.40. The summed E-state index contributed by atoms with van der Waals surface area (Å²) in [5.41, 5.74) is 1.17. The molecule has 0 spiro atoms. The molecule has 0 aliphatic rings. The third-order valence-electron chi connectivity index (χ3n) is 2.75. The fraction of sp³-hybridized carbons (Fsp3) is 0.250. The summed E-state index contributed by atoms with van der Waals surface area (Å²) in [6, 6.07) is 11.9. The van der Waals surface area contributed by atoms with Gasteiger partial charge in [-0.2, -0.15) is 0 Å². The molecule has 1 aromatic heterocycles. The van der Waals surface area contributed by atoms with E-state index in [0.717, 1.165) is 31.0 Å². The molecule has 0 radical (unpaired) electrons. The molecule has 1 heterocycles. The van der Waals surface area contributed by atoms with E-state index in [0.29, 0.717) is 6.61 Å². The number of hydrogen-bond donors (Lipinski definition) is 1. The second-order valence-corrected chi connectivity index (χ2v) is 4.21. The molecular weight excluding hydrogens is 238 g/mol. The minimum atomic E-state index is 0.634. The Morgan fingerprint density at radius 2 is 2.11 bits per heavy atom. The van der Waals surface area contributed by atoms with Crippen molar-refractivity contribution in [3.8, 4) is 5.75 Å². The quantitative estimate of drug-likeness (QED) is 0.582. The predicted octanol–water partition coefficient (Wildman–Crippen LogP) is 3.18. The number of benzene rings is 1. The van der Waals surface area contributed by atoms with E-state index in [4.69, 9.17) is 9.15 Å². The first-order valence-corrected chi connectivity index (χ1v) is 6.45. The first-order chi connectivity index (χ1) is 9.40. The first kappa shape index (κ1) is 13.4. The van der Waals surface area contributed by atoms with Gasteiger partial charge in [-0.1, -0.05) is 24.3 Å². The Bertz CT molecular complexity index is 491. The summed E-state index contributed by atoms with van der Waals surface area (Å²) >= 11 is 0. The third kappa shape index (κ3) is 4.30. The van der Waals surface area contributed by atoms with Gasteiger partial charge in [0.2, 0.25) is 0 Å². The van der Waals surface area contributed by atoms with Gasteiger partial charge in [0.05, 0.1) is 12.8 Å². The van der Waals surface area contributed by atoms with Crippen LogP contribution in [0.3, 0.4) is 0 Å². The van der Waals surface area contributed by atoms with Crippen molar-refractivity contribution in [3.63, 3.8) is 0 Å². The standard InChI is InChI=1S/C16H19NO2/c1-2-6-14-7-3-4-9-16(14)19-12-10-17-13-15-8-5-11-18-15/h2-5,7-9,11,17H,1,6,10,12-13H2. The second kappa shape index (κ2) is 7.44. The van der Waals surface area contributed by atoms with E-state index >= 15 is 0 Å². The Morgan fingerprint density at radius 3 is 2.89 bits per heavy atom. The lowest BCUT2D eigenvalue weighted by Crippen LogP contribution is -2.20. The molecule has 3 nitrogen and oxygen atoms in total. The molecule has 2 aromatic rings. The van der Waals surface area contributed by atoms with Crippen LogP contribution in [0.4, 0.5) is 0 Å². The normalized spacial score (nSPS) is 10.3. The van der Waals surface area contributed by atoms with Crippen LogP contribution in [-0.4, -0.2) is 13.2 Å². The van der Waals surface area contributed by atoms with Crippen LogP contribution in [0.2, 0.25) is 0 Å². The molecule has 2 rings (SSSR count). The van der Waals surface area contributed by atoms with Crippen molar-refractivity contribution in [1.29, 1.82) is 0 Å². The number of para-hydroxylation sites is 1. The van der Waals surface area contributed by atoms with Crippen LogP contribution in [-0.2, 0) is 13.0 Å². The lowest BCUT2D eigenvalue weighted by molar-refractivity contribution is 0.308. The van der Waals surface area contributed by atoms with Crippen LogP contribution in [0.5, 0.6) is 5.75 Å². The average molecular weight is 257 g/mol. The number of allylic oxidation sites excluding steroid dienone is 1. The van der Waals surface area contributed by atoms with Gasteiger partial charge in [-0.25, -0.2) is 0 Å². The molecule has 0 fully saturated rings. The van der Waals surface area contributed by atoms with Crippen molar-refractivity contribution in [2.45, 2.75) is 13.0 Å². The van der Waals surface area contributed by atoms with E-state index in [1.807, 2.05) is 36.4 Å². The summed E-state index contributed by atoms with van der Waals surface area (Å²) in [4.78, 5) is 0. The molecule has 100 valence electrons.